The van der Waals surface area contributed by atoms with Gasteiger partial charge in [0.1, 0.15) is 5.69 Å². The molecule has 0 atom stereocenters. The molecule has 1 saturated heterocycles. The third-order valence-electron chi connectivity index (χ3n) is 3.48. The van der Waals surface area contributed by atoms with Crippen LogP contribution in [0.3, 0.4) is 0 Å². The standard InChI is InChI=1S/C12H17BrN8/c1-14-11-15-10(8-9(13)18-19-20(8)2)16-12(17-11)21-6-4-3-5-7-21/h3-7H2,1-2H3,(H,14,15,16,17). The van der Waals surface area contributed by atoms with Gasteiger partial charge in [0, 0.05) is 27.2 Å². The van der Waals surface area contributed by atoms with Gasteiger partial charge in [0.15, 0.2) is 10.4 Å². The highest BCUT2D eigenvalue weighted by Gasteiger charge is 2.20. The van der Waals surface area contributed by atoms with Crippen molar-refractivity contribution in [3.05, 3.63) is 4.60 Å². The minimum atomic E-state index is 0.550. The molecule has 2 aromatic rings. The monoisotopic (exact) mass is 352 g/mol. The lowest BCUT2D eigenvalue weighted by atomic mass is 10.1. The zero-order valence-electron chi connectivity index (χ0n) is 12.0. The zero-order chi connectivity index (χ0) is 14.8. The second kappa shape index (κ2) is 5.92. The van der Waals surface area contributed by atoms with Gasteiger partial charge in [-0.3, -0.25) is 0 Å². The third kappa shape index (κ3) is 2.82. The van der Waals surface area contributed by atoms with Gasteiger partial charge in [0.2, 0.25) is 11.9 Å². The average molecular weight is 353 g/mol. The van der Waals surface area contributed by atoms with Crippen LogP contribution in [0, 0.1) is 0 Å². The van der Waals surface area contributed by atoms with E-state index in [9.17, 15) is 0 Å². The predicted molar refractivity (Wildman–Crippen MR) is 83.1 cm³/mol. The molecule has 3 heterocycles. The van der Waals surface area contributed by atoms with Crippen LogP contribution in [0.15, 0.2) is 4.60 Å². The smallest absolute Gasteiger partial charge is 0.230 e. The Morgan fingerprint density at radius 1 is 1.10 bits per heavy atom. The first kappa shape index (κ1) is 14.2. The van der Waals surface area contributed by atoms with Crippen LogP contribution in [0.5, 0.6) is 0 Å². The van der Waals surface area contributed by atoms with Crippen molar-refractivity contribution < 1.29 is 0 Å². The Hall–Kier alpha value is -1.77. The van der Waals surface area contributed by atoms with Crippen LogP contribution in [0.4, 0.5) is 11.9 Å². The Balaban J connectivity index is 2.04. The average Bonchev–Trinajstić information content (AvgIpc) is 2.86. The van der Waals surface area contributed by atoms with E-state index in [2.05, 4.69) is 51.4 Å². The Kier molecular flexibility index (Phi) is 4.00. The van der Waals surface area contributed by atoms with Crippen LogP contribution in [-0.4, -0.2) is 50.1 Å². The summed E-state index contributed by atoms with van der Waals surface area (Å²) in [5.41, 5.74) is 0.743. The molecule has 1 N–H and O–H groups in total. The SMILES string of the molecule is CNc1nc(-c2c(Br)nnn2C)nc(N2CCCCC2)n1. The molecule has 0 aliphatic carbocycles. The van der Waals surface area contributed by atoms with Crippen LogP contribution in [-0.2, 0) is 7.05 Å². The molecule has 0 radical (unpaired) electrons. The molecule has 3 rings (SSSR count). The molecule has 2 aromatic heterocycles. The van der Waals surface area contributed by atoms with Gasteiger partial charge in [-0.05, 0) is 35.2 Å². The van der Waals surface area contributed by atoms with Crippen molar-refractivity contribution in [2.24, 2.45) is 7.05 Å². The highest BCUT2D eigenvalue weighted by molar-refractivity contribution is 9.10. The maximum atomic E-state index is 4.60. The van der Waals surface area contributed by atoms with Crippen molar-refractivity contribution in [1.82, 2.24) is 29.9 Å². The second-order valence-electron chi connectivity index (χ2n) is 4.93. The molecule has 21 heavy (non-hydrogen) atoms. The summed E-state index contributed by atoms with van der Waals surface area (Å²) in [5, 5.41) is 11.0. The summed E-state index contributed by atoms with van der Waals surface area (Å²) in [7, 11) is 3.62. The largest absolute Gasteiger partial charge is 0.357 e. The first-order chi connectivity index (χ1) is 10.2. The van der Waals surface area contributed by atoms with Gasteiger partial charge in [-0.15, -0.1) is 5.10 Å². The fourth-order valence-electron chi connectivity index (χ4n) is 2.39. The Labute approximate surface area is 131 Å². The lowest BCUT2D eigenvalue weighted by Gasteiger charge is -2.26. The van der Waals surface area contributed by atoms with E-state index in [4.69, 9.17) is 0 Å². The maximum absolute atomic E-state index is 4.60. The topological polar surface area (TPSA) is 84.7 Å². The summed E-state index contributed by atoms with van der Waals surface area (Å²) in [5.74, 6) is 1.82. The number of piperidine rings is 1. The molecule has 8 nitrogen and oxygen atoms in total. The minimum absolute atomic E-state index is 0.550. The molecule has 112 valence electrons. The number of nitrogens with one attached hydrogen (secondary N) is 1. The summed E-state index contributed by atoms with van der Waals surface area (Å²) in [6, 6.07) is 0. The van der Waals surface area contributed by atoms with Crippen molar-refractivity contribution in [2.75, 3.05) is 30.4 Å². The molecular weight excluding hydrogens is 336 g/mol. The number of hydrogen-bond acceptors (Lipinski definition) is 7. The summed E-state index contributed by atoms with van der Waals surface area (Å²) in [6.45, 7) is 1.97. The van der Waals surface area contributed by atoms with E-state index in [1.807, 2.05) is 7.05 Å². The molecule has 0 bridgehead atoms. The van der Waals surface area contributed by atoms with Gasteiger partial charge in [-0.1, -0.05) is 5.21 Å². The highest BCUT2D eigenvalue weighted by atomic mass is 79.9. The molecule has 1 fully saturated rings. The van der Waals surface area contributed by atoms with Gasteiger partial charge in [0.05, 0.1) is 0 Å². The van der Waals surface area contributed by atoms with Gasteiger partial charge in [0.25, 0.3) is 0 Å². The minimum Gasteiger partial charge on any atom is -0.357 e. The maximum Gasteiger partial charge on any atom is 0.230 e. The molecule has 1 aliphatic rings. The Morgan fingerprint density at radius 2 is 1.86 bits per heavy atom. The van der Waals surface area contributed by atoms with Crippen LogP contribution in [0.1, 0.15) is 19.3 Å². The summed E-state index contributed by atoms with van der Waals surface area (Å²) < 4.78 is 2.28. The first-order valence-electron chi connectivity index (χ1n) is 6.93. The summed E-state index contributed by atoms with van der Waals surface area (Å²) in [6.07, 6.45) is 3.62. The number of aryl methyl sites for hydroxylation is 1. The summed E-state index contributed by atoms with van der Waals surface area (Å²) in [4.78, 5) is 15.7. The highest BCUT2D eigenvalue weighted by Crippen LogP contribution is 2.25. The normalized spacial score (nSPS) is 15.3. The van der Waals surface area contributed by atoms with Gasteiger partial charge >= 0.3 is 0 Å². The second-order valence-corrected chi connectivity index (χ2v) is 5.68. The van der Waals surface area contributed by atoms with Crippen molar-refractivity contribution in [3.8, 4) is 11.5 Å². The van der Waals surface area contributed by atoms with E-state index in [-0.39, 0.29) is 0 Å². The van der Waals surface area contributed by atoms with E-state index < -0.39 is 0 Å². The lowest BCUT2D eigenvalue weighted by molar-refractivity contribution is 0.567. The van der Waals surface area contributed by atoms with E-state index in [1.165, 1.54) is 19.3 Å². The number of aromatic nitrogens is 6. The van der Waals surface area contributed by atoms with Crippen molar-refractivity contribution in [2.45, 2.75) is 19.3 Å². The fraction of sp³-hybridized carbons (Fsp3) is 0.583. The van der Waals surface area contributed by atoms with Crippen molar-refractivity contribution >= 4 is 27.8 Å². The van der Waals surface area contributed by atoms with Crippen LogP contribution in [0.2, 0.25) is 0 Å². The Morgan fingerprint density at radius 3 is 2.48 bits per heavy atom. The number of hydrogen-bond donors (Lipinski definition) is 1. The van der Waals surface area contributed by atoms with E-state index >= 15 is 0 Å². The predicted octanol–water partition coefficient (Wildman–Crippen LogP) is 1.46. The quantitative estimate of drug-likeness (QED) is 0.894. The van der Waals surface area contributed by atoms with Gasteiger partial charge in [-0.25, -0.2) is 4.68 Å². The molecule has 0 saturated carbocycles. The van der Waals surface area contributed by atoms with Crippen molar-refractivity contribution in [1.29, 1.82) is 0 Å². The molecule has 0 amide bonds. The van der Waals surface area contributed by atoms with E-state index in [1.54, 1.807) is 11.7 Å². The number of rotatable bonds is 3. The first-order valence-corrected chi connectivity index (χ1v) is 7.72. The fourth-order valence-corrected chi connectivity index (χ4v) is 2.89. The van der Waals surface area contributed by atoms with Crippen LogP contribution >= 0.6 is 15.9 Å². The van der Waals surface area contributed by atoms with E-state index in [0.29, 0.717) is 22.3 Å². The van der Waals surface area contributed by atoms with Gasteiger partial charge < -0.3 is 10.2 Å². The van der Waals surface area contributed by atoms with Crippen LogP contribution < -0.4 is 10.2 Å². The third-order valence-corrected chi connectivity index (χ3v) is 4.02. The van der Waals surface area contributed by atoms with Crippen LogP contribution in [0.25, 0.3) is 11.5 Å². The number of halogens is 1. The lowest BCUT2D eigenvalue weighted by Crippen LogP contribution is -2.31. The zero-order valence-corrected chi connectivity index (χ0v) is 13.6. The van der Waals surface area contributed by atoms with Gasteiger partial charge in [-0.2, -0.15) is 15.0 Å². The van der Waals surface area contributed by atoms with Crippen molar-refractivity contribution in [3.63, 3.8) is 0 Å². The Bertz CT molecular complexity index is 615. The molecule has 1 aliphatic heterocycles. The molecule has 9 heteroatoms. The van der Waals surface area contributed by atoms with E-state index in [0.717, 1.165) is 18.8 Å². The molecule has 0 unspecified atom stereocenters. The molecular formula is C12H17BrN8. The summed E-state index contributed by atoms with van der Waals surface area (Å²) >= 11 is 3.39. The molecule has 0 spiro atoms. The number of nitrogens with zero attached hydrogens (tertiary/aromatic N) is 7. The molecule has 0 aromatic carbocycles. The number of anilines is 2.